The predicted molar refractivity (Wildman–Crippen MR) is 117 cm³/mol. The molecule has 32 heavy (non-hydrogen) atoms. The van der Waals surface area contributed by atoms with Gasteiger partial charge in [0.15, 0.2) is 0 Å². The van der Waals surface area contributed by atoms with Crippen molar-refractivity contribution in [1.82, 2.24) is 9.13 Å². The Morgan fingerprint density at radius 3 is 1.12 bits per heavy atom. The Morgan fingerprint density at radius 2 is 0.938 bits per heavy atom. The highest BCUT2D eigenvalue weighted by Crippen LogP contribution is 2.24. The highest BCUT2D eigenvalue weighted by molar-refractivity contribution is 5.98. The van der Waals surface area contributed by atoms with Crippen molar-refractivity contribution in [3.05, 3.63) is 53.5 Å². The van der Waals surface area contributed by atoms with Crippen LogP contribution in [0.2, 0.25) is 0 Å². The zero-order valence-corrected chi connectivity index (χ0v) is 18.1. The maximum Gasteiger partial charge on any atom is 0.327 e. The third-order valence-electron chi connectivity index (χ3n) is 6.38. The number of carboxylic acid groups (broad SMARTS) is 2. The number of hydrogen-bond donors (Lipinski definition) is 2. The molecule has 0 amide bonds. The fourth-order valence-corrected chi connectivity index (χ4v) is 4.18. The number of aliphatic carboxylic acids is 2. The van der Waals surface area contributed by atoms with Gasteiger partial charge in [-0.15, -0.1) is 0 Å². The summed E-state index contributed by atoms with van der Waals surface area (Å²) in [6.45, 7) is 6.67. The Kier molecular flexibility index (Phi) is 5.90. The molecular weight excluding hydrogens is 420 g/mol. The number of aromatic nitrogens is 2. The van der Waals surface area contributed by atoms with Crippen LogP contribution >= 0.6 is 0 Å². The SMILES string of the molecule is CCC(C)[C@H](C(=O)O)n1c(=O)c2cc3c(=O)n([C@@H](C(=O)O)C(C)CC)c(=O)c3cc2c1=O. The second-order valence-electron chi connectivity index (χ2n) is 8.24. The van der Waals surface area contributed by atoms with Crippen molar-refractivity contribution in [2.24, 2.45) is 11.8 Å². The predicted octanol–water partition coefficient (Wildman–Crippen LogP) is 1.26. The molecule has 0 spiro atoms. The van der Waals surface area contributed by atoms with Gasteiger partial charge in [0.2, 0.25) is 0 Å². The molecule has 0 aliphatic carbocycles. The van der Waals surface area contributed by atoms with Gasteiger partial charge in [-0.2, -0.15) is 0 Å². The minimum Gasteiger partial charge on any atom is -0.480 e. The van der Waals surface area contributed by atoms with Crippen molar-refractivity contribution in [2.45, 2.75) is 52.6 Å². The van der Waals surface area contributed by atoms with Crippen LogP contribution in [-0.2, 0) is 9.59 Å². The minimum atomic E-state index is -1.40. The van der Waals surface area contributed by atoms with Crippen LogP contribution in [0.5, 0.6) is 0 Å². The number of rotatable bonds is 8. The quantitative estimate of drug-likeness (QED) is 0.526. The third-order valence-corrected chi connectivity index (χ3v) is 6.38. The molecule has 0 radical (unpaired) electrons. The molecule has 2 N–H and O–H groups in total. The molecule has 10 nitrogen and oxygen atoms in total. The van der Waals surface area contributed by atoms with Gasteiger partial charge in [0.05, 0.1) is 21.5 Å². The van der Waals surface area contributed by atoms with Gasteiger partial charge in [-0.25, -0.2) is 9.59 Å². The van der Waals surface area contributed by atoms with Crippen LogP contribution in [0.4, 0.5) is 0 Å². The summed E-state index contributed by atoms with van der Waals surface area (Å²) in [4.78, 5) is 75.5. The van der Waals surface area contributed by atoms with Gasteiger partial charge in [0.25, 0.3) is 22.2 Å². The summed E-state index contributed by atoms with van der Waals surface area (Å²) < 4.78 is 1.31. The fourth-order valence-electron chi connectivity index (χ4n) is 4.18. The average Bonchev–Trinajstić information content (AvgIpc) is 3.12. The van der Waals surface area contributed by atoms with Crippen LogP contribution in [0.1, 0.15) is 52.6 Å². The Morgan fingerprint density at radius 1 is 0.688 bits per heavy atom. The van der Waals surface area contributed by atoms with Gasteiger partial charge in [0.1, 0.15) is 12.1 Å². The summed E-state index contributed by atoms with van der Waals surface area (Å²) in [6.07, 6.45) is 0.804. The molecule has 3 rings (SSSR count). The Balaban J connectivity index is 2.40. The Hall–Kier alpha value is -3.56. The number of nitrogens with zero attached hydrogens (tertiary/aromatic N) is 2. The number of benzene rings is 1. The lowest BCUT2D eigenvalue weighted by atomic mass is 9.99. The van der Waals surface area contributed by atoms with Crippen molar-refractivity contribution >= 4 is 33.5 Å². The van der Waals surface area contributed by atoms with Crippen LogP contribution in [0.3, 0.4) is 0 Å². The van der Waals surface area contributed by atoms with Gasteiger partial charge in [-0.1, -0.05) is 40.5 Å². The smallest absolute Gasteiger partial charge is 0.327 e. The van der Waals surface area contributed by atoms with Crippen LogP contribution in [-0.4, -0.2) is 31.3 Å². The maximum atomic E-state index is 13.0. The fraction of sp³-hybridized carbons (Fsp3) is 0.455. The molecule has 0 bridgehead atoms. The van der Waals surface area contributed by atoms with E-state index in [0.717, 1.165) is 12.1 Å². The lowest BCUT2D eigenvalue weighted by Crippen LogP contribution is -2.38. The van der Waals surface area contributed by atoms with E-state index < -0.39 is 58.1 Å². The van der Waals surface area contributed by atoms with Crippen LogP contribution < -0.4 is 22.2 Å². The molecule has 1 aromatic carbocycles. The highest BCUT2D eigenvalue weighted by atomic mass is 16.4. The van der Waals surface area contributed by atoms with Crippen LogP contribution in [0, 0.1) is 11.8 Å². The lowest BCUT2D eigenvalue weighted by molar-refractivity contribution is -0.143. The number of fused-ring (bicyclic) bond motifs is 2. The first-order valence-corrected chi connectivity index (χ1v) is 10.4. The summed E-state index contributed by atoms with van der Waals surface area (Å²) >= 11 is 0. The maximum absolute atomic E-state index is 13.0. The van der Waals surface area contributed by atoms with E-state index in [2.05, 4.69) is 0 Å². The van der Waals surface area contributed by atoms with Crippen molar-refractivity contribution in [2.75, 3.05) is 0 Å². The first-order valence-electron chi connectivity index (χ1n) is 10.4. The first kappa shape index (κ1) is 23.1. The van der Waals surface area contributed by atoms with E-state index in [9.17, 15) is 39.0 Å². The zero-order valence-electron chi connectivity index (χ0n) is 18.1. The van der Waals surface area contributed by atoms with Crippen LogP contribution in [0.25, 0.3) is 21.5 Å². The van der Waals surface area contributed by atoms with Crippen LogP contribution in [0.15, 0.2) is 31.3 Å². The summed E-state index contributed by atoms with van der Waals surface area (Å²) in [5, 5.41) is 18.5. The summed E-state index contributed by atoms with van der Waals surface area (Å²) in [6, 6.07) is -0.606. The Labute approximate surface area is 181 Å². The van der Waals surface area contributed by atoms with E-state index in [1.807, 2.05) is 0 Å². The molecule has 2 aromatic heterocycles. The summed E-state index contributed by atoms with van der Waals surface area (Å²) in [7, 11) is 0. The van der Waals surface area contributed by atoms with Gasteiger partial charge in [-0.3, -0.25) is 28.3 Å². The topological polar surface area (TPSA) is 153 Å². The lowest BCUT2D eigenvalue weighted by Gasteiger charge is -2.18. The van der Waals surface area contributed by atoms with E-state index in [4.69, 9.17) is 0 Å². The van der Waals surface area contributed by atoms with Gasteiger partial charge in [0, 0.05) is 0 Å². The molecule has 3 aromatic rings. The van der Waals surface area contributed by atoms with E-state index in [1.165, 1.54) is 0 Å². The summed E-state index contributed by atoms with van der Waals surface area (Å²) in [5.41, 5.74) is -3.46. The molecule has 2 heterocycles. The second kappa shape index (κ2) is 8.18. The van der Waals surface area contributed by atoms with E-state index in [-0.39, 0.29) is 21.5 Å². The third kappa shape index (κ3) is 3.26. The van der Waals surface area contributed by atoms with Crippen molar-refractivity contribution in [1.29, 1.82) is 0 Å². The van der Waals surface area contributed by atoms with Crippen molar-refractivity contribution in [3.8, 4) is 0 Å². The zero-order chi connectivity index (χ0) is 24.1. The molecule has 0 saturated carbocycles. The minimum absolute atomic E-state index is 0.179. The summed E-state index contributed by atoms with van der Waals surface area (Å²) in [5.74, 6) is -3.71. The number of carbonyl (C=O) groups is 2. The monoisotopic (exact) mass is 444 g/mol. The molecule has 170 valence electrons. The van der Waals surface area contributed by atoms with E-state index in [0.29, 0.717) is 22.0 Å². The van der Waals surface area contributed by atoms with Gasteiger partial charge in [-0.05, 0) is 24.0 Å². The number of carboxylic acids is 2. The average molecular weight is 444 g/mol. The number of hydrogen-bond acceptors (Lipinski definition) is 6. The normalized spacial score (nSPS) is 15.6. The first-order chi connectivity index (χ1) is 15.0. The molecule has 10 heteroatoms. The molecule has 0 saturated heterocycles. The molecule has 4 atom stereocenters. The van der Waals surface area contributed by atoms with Crippen molar-refractivity contribution in [3.63, 3.8) is 0 Å². The van der Waals surface area contributed by atoms with Gasteiger partial charge >= 0.3 is 11.9 Å². The van der Waals surface area contributed by atoms with E-state index in [1.54, 1.807) is 27.7 Å². The molecule has 0 fully saturated rings. The molecule has 0 aliphatic heterocycles. The second-order valence-corrected chi connectivity index (χ2v) is 8.24. The van der Waals surface area contributed by atoms with Gasteiger partial charge < -0.3 is 10.2 Å². The molecule has 0 aliphatic rings. The standard InChI is InChI=1S/C22H24N2O8/c1-5-9(3)15(21(29)30)23-17(25)11-7-13-14(8-12(11)18(23)26)20(28)24(19(13)27)16(22(31)32)10(4)6-2/h7-10,15-16H,5-6H2,1-4H3,(H,29,30)(H,31,32)/t9?,10?,15-,16-/m1/s1. The Bertz CT molecular complexity index is 1250. The largest absolute Gasteiger partial charge is 0.480 e. The van der Waals surface area contributed by atoms with E-state index >= 15 is 0 Å². The van der Waals surface area contributed by atoms with Crippen molar-refractivity contribution < 1.29 is 19.8 Å². The molecular formula is C22H24N2O8. The highest BCUT2D eigenvalue weighted by Gasteiger charge is 2.33. The molecule has 2 unspecified atom stereocenters.